The molecule has 164 valence electrons. The molecule has 0 aromatic heterocycles. The highest BCUT2D eigenvalue weighted by Gasteiger charge is 2.59. The molecule has 5 rings (SSSR count). The molecule has 2 saturated heterocycles. The number of nitrogens with zero attached hydrogens (tertiary/aromatic N) is 1. The van der Waals surface area contributed by atoms with Crippen molar-refractivity contribution in [3.05, 3.63) is 35.9 Å². The first kappa shape index (κ1) is 21.1. The fourth-order valence-electron chi connectivity index (χ4n) is 5.05. The monoisotopic (exact) mass is 417 g/mol. The zero-order valence-electron chi connectivity index (χ0n) is 18.1. The summed E-state index contributed by atoms with van der Waals surface area (Å²) in [6, 6.07) is 8.15. The lowest BCUT2D eigenvalue weighted by Crippen LogP contribution is -2.68. The summed E-state index contributed by atoms with van der Waals surface area (Å²) in [5.74, 6) is -0.736. The second kappa shape index (κ2) is 8.20. The summed E-state index contributed by atoms with van der Waals surface area (Å²) in [6.45, 7) is 5.51. The van der Waals surface area contributed by atoms with Crippen LogP contribution in [0, 0.1) is 17.8 Å². The number of fused-ring (bicyclic) bond motifs is 3. The van der Waals surface area contributed by atoms with Gasteiger partial charge >= 0.3 is 12.1 Å². The second-order valence-electron chi connectivity index (χ2n) is 10.0. The maximum atomic E-state index is 15.5. The fourth-order valence-corrected chi connectivity index (χ4v) is 5.05. The van der Waals surface area contributed by atoms with Crippen LogP contribution in [0.2, 0.25) is 0 Å². The SMILES string of the molecule is CC(C)(C)OC(=O)N1[C@H]2CC[C@H]([C@H](F)[C@@H]2CC2CC2)[C@@H]1C(=O)OCc1ccccc1. The normalized spacial score (nSPS) is 30.8. The van der Waals surface area contributed by atoms with Gasteiger partial charge in [-0.05, 0) is 51.5 Å². The molecule has 0 N–H and O–H groups in total. The number of amides is 1. The quantitative estimate of drug-likeness (QED) is 0.641. The molecule has 0 radical (unpaired) electrons. The minimum absolute atomic E-state index is 0.109. The molecular formula is C24H32FNO4. The maximum absolute atomic E-state index is 15.5. The van der Waals surface area contributed by atoms with Gasteiger partial charge in [-0.2, -0.15) is 0 Å². The Morgan fingerprint density at radius 3 is 2.43 bits per heavy atom. The second-order valence-corrected chi connectivity index (χ2v) is 10.0. The molecule has 0 spiro atoms. The van der Waals surface area contributed by atoms with Gasteiger partial charge in [0.25, 0.3) is 0 Å². The van der Waals surface area contributed by atoms with Gasteiger partial charge in [0, 0.05) is 17.9 Å². The predicted octanol–water partition coefficient (Wildman–Crippen LogP) is 4.88. The topological polar surface area (TPSA) is 55.8 Å². The molecule has 30 heavy (non-hydrogen) atoms. The van der Waals surface area contributed by atoms with E-state index in [1.54, 1.807) is 20.8 Å². The molecule has 5 atom stereocenters. The Balaban J connectivity index is 1.55. The van der Waals surface area contributed by atoms with Crippen molar-refractivity contribution in [2.24, 2.45) is 17.8 Å². The highest BCUT2D eigenvalue weighted by molar-refractivity contribution is 5.83. The van der Waals surface area contributed by atoms with Crippen LogP contribution in [0.1, 0.15) is 58.4 Å². The molecule has 2 saturated carbocycles. The molecule has 1 amide bonds. The van der Waals surface area contributed by atoms with Crippen molar-refractivity contribution in [2.75, 3.05) is 0 Å². The summed E-state index contributed by atoms with van der Waals surface area (Å²) in [5.41, 5.74) is 0.173. The summed E-state index contributed by atoms with van der Waals surface area (Å²) in [7, 11) is 0. The third kappa shape index (κ3) is 4.47. The Morgan fingerprint density at radius 2 is 1.80 bits per heavy atom. The van der Waals surface area contributed by atoms with Crippen LogP contribution in [-0.4, -0.2) is 40.8 Å². The number of carbonyl (C=O) groups is 2. The van der Waals surface area contributed by atoms with Crippen LogP contribution in [0.4, 0.5) is 9.18 Å². The minimum atomic E-state index is -1.09. The summed E-state index contributed by atoms with van der Waals surface area (Å²) in [4.78, 5) is 27.7. The molecule has 1 aromatic rings. The third-order valence-corrected chi connectivity index (χ3v) is 6.54. The first-order chi connectivity index (χ1) is 14.2. The Bertz CT molecular complexity index is 773. The van der Waals surface area contributed by atoms with Crippen molar-refractivity contribution in [2.45, 2.75) is 83.3 Å². The van der Waals surface area contributed by atoms with Crippen LogP contribution in [0.15, 0.2) is 30.3 Å². The lowest BCUT2D eigenvalue weighted by molar-refractivity contribution is -0.170. The molecule has 4 fully saturated rings. The minimum Gasteiger partial charge on any atom is -0.459 e. The molecule has 5 nitrogen and oxygen atoms in total. The van der Waals surface area contributed by atoms with E-state index < -0.39 is 35.8 Å². The van der Waals surface area contributed by atoms with Gasteiger partial charge in [0.05, 0.1) is 0 Å². The molecule has 4 aliphatic rings. The lowest BCUT2D eigenvalue weighted by Gasteiger charge is -2.55. The maximum Gasteiger partial charge on any atom is 0.411 e. The van der Waals surface area contributed by atoms with E-state index in [4.69, 9.17) is 9.47 Å². The van der Waals surface area contributed by atoms with Crippen LogP contribution in [0.3, 0.4) is 0 Å². The lowest BCUT2D eigenvalue weighted by atomic mass is 9.66. The Labute approximate surface area is 177 Å². The van der Waals surface area contributed by atoms with Gasteiger partial charge in [-0.3, -0.25) is 4.90 Å². The van der Waals surface area contributed by atoms with Crippen molar-refractivity contribution < 1.29 is 23.5 Å². The van der Waals surface area contributed by atoms with E-state index in [1.807, 2.05) is 30.3 Å². The number of piperidine rings is 2. The average Bonchev–Trinajstić information content (AvgIpc) is 3.51. The first-order valence-corrected chi connectivity index (χ1v) is 11.1. The van der Waals surface area contributed by atoms with Crippen LogP contribution < -0.4 is 0 Å². The summed E-state index contributed by atoms with van der Waals surface area (Å²) < 4.78 is 26.7. The van der Waals surface area contributed by atoms with Gasteiger partial charge in [0.2, 0.25) is 0 Å². The molecule has 0 unspecified atom stereocenters. The number of benzene rings is 1. The highest BCUT2D eigenvalue weighted by atomic mass is 19.1. The summed E-state index contributed by atoms with van der Waals surface area (Å²) in [6.07, 6.45) is 2.74. The fraction of sp³-hybridized carbons (Fsp3) is 0.667. The molecule has 2 aliphatic heterocycles. The van der Waals surface area contributed by atoms with E-state index in [2.05, 4.69) is 0 Å². The number of halogens is 1. The predicted molar refractivity (Wildman–Crippen MR) is 110 cm³/mol. The van der Waals surface area contributed by atoms with Gasteiger partial charge in [-0.25, -0.2) is 14.0 Å². The van der Waals surface area contributed by atoms with Crippen molar-refractivity contribution in [3.8, 4) is 0 Å². The van der Waals surface area contributed by atoms with E-state index in [0.717, 1.165) is 24.8 Å². The summed E-state index contributed by atoms with van der Waals surface area (Å²) in [5, 5.41) is 0. The number of hydrogen-bond acceptors (Lipinski definition) is 4. The molecule has 2 heterocycles. The zero-order valence-corrected chi connectivity index (χ0v) is 18.1. The number of hydrogen-bond donors (Lipinski definition) is 0. The number of alkyl halides is 1. The van der Waals surface area contributed by atoms with Crippen molar-refractivity contribution in [3.63, 3.8) is 0 Å². The van der Waals surface area contributed by atoms with Crippen LogP contribution in [-0.2, 0) is 20.9 Å². The zero-order chi connectivity index (χ0) is 21.5. The van der Waals surface area contributed by atoms with Crippen LogP contribution in [0.5, 0.6) is 0 Å². The molecule has 2 aliphatic carbocycles. The van der Waals surface area contributed by atoms with E-state index in [1.165, 1.54) is 4.90 Å². The standard InChI is InChI=1S/C24H32FNO4/c1-24(2,3)30-23(28)26-19-12-11-17(20(25)18(19)13-15-9-10-15)21(26)22(27)29-14-16-7-5-4-6-8-16/h4-8,15,17-21H,9-14H2,1-3H3/t17-,18-,19+,20+,21-/m1/s1. The van der Waals surface area contributed by atoms with Gasteiger partial charge < -0.3 is 9.47 Å². The number of rotatable bonds is 5. The van der Waals surface area contributed by atoms with Crippen molar-refractivity contribution in [1.82, 2.24) is 4.90 Å². The summed E-state index contributed by atoms with van der Waals surface area (Å²) >= 11 is 0. The Morgan fingerprint density at radius 1 is 1.10 bits per heavy atom. The number of ether oxygens (including phenoxy) is 2. The van der Waals surface area contributed by atoms with Crippen LogP contribution >= 0.6 is 0 Å². The molecule has 2 bridgehead atoms. The van der Waals surface area contributed by atoms with Crippen LogP contribution in [0.25, 0.3) is 0 Å². The van der Waals surface area contributed by atoms with Gasteiger partial charge in [-0.1, -0.05) is 43.2 Å². The van der Waals surface area contributed by atoms with Gasteiger partial charge in [0.1, 0.15) is 24.4 Å². The third-order valence-electron chi connectivity index (χ3n) is 6.54. The first-order valence-electron chi connectivity index (χ1n) is 11.1. The van der Waals surface area contributed by atoms with E-state index >= 15 is 4.39 Å². The molecular weight excluding hydrogens is 385 g/mol. The highest BCUT2D eigenvalue weighted by Crippen LogP contribution is 2.50. The number of carbonyl (C=O) groups excluding carboxylic acids is 2. The Kier molecular flexibility index (Phi) is 5.78. The smallest absolute Gasteiger partial charge is 0.411 e. The van der Waals surface area contributed by atoms with Gasteiger partial charge in [0.15, 0.2) is 0 Å². The molecule has 1 aromatic carbocycles. The largest absolute Gasteiger partial charge is 0.459 e. The van der Waals surface area contributed by atoms with E-state index in [-0.39, 0.29) is 18.6 Å². The van der Waals surface area contributed by atoms with Crippen molar-refractivity contribution >= 4 is 12.1 Å². The molecule has 6 heteroatoms. The van der Waals surface area contributed by atoms with Crippen molar-refractivity contribution in [1.29, 1.82) is 0 Å². The Hall–Kier alpha value is -2.11. The average molecular weight is 418 g/mol. The van der Waals surface area contributed by atoms with E-state index in [0.29, 0.717) is 18.8 Å². The van der Waals surface area contributed by atoms with E-state index in [9.17, 15) is 9.59 Å². The van der Waals surface area contributed by atoms with Gasteiger partial charge in [-0.15, -0.1) is 0 Å². The number of esters is 1.